The molecule has 116 valence electrons. The summed E-state index contributed by atoms with van der Waals surface area (Å²) in [6.07, 6.45) is 0.200. The molecule has 1 aromatic heterocycles. The smallest absolute Gasteiger partial charge is 0.324 e. The Balaban J connectivity index is 1.69. The van der Waals surface area contributed by atoms with Crippen LogP contribution in [0.1, 0.15) is 24.2 Å². The molecule has 0 spiro atoms. The first-order valence-electron chi connectivity index (χ1n) is 7.26. The summed E-state index contributed by atoms with van der Waals surface area (Å²) in [5.41, 5.74) is 2.17. The molecule has 1 fully saturated rings. The van der Waals surface area contributed by atoms with Crippen LogP contribution >= 0.6 is 11.3 Å². The van der Waals surface area contributed by atoms with Gasteiger partial charge in [0.2, 0.25) is 0 Å². The molecule has 2 aromatic rings. The van der Waals surface area contributed by atoms with Gasteiger partial charge in [0.05, 0.1) is 17.1 Å². The molecular formula is C16H18N2O3S. The third-order valence-electron chi connectivity index (χ3n) is 3.73. The first kappa shape index (κ1) is 15.1. The second kappa shape index (κ2) is 6.56. The van der Waals surface area contributed by atoms with Crippen molar-refractivity contribution in [1.29, 1.82) is 0 Å². The Hall–Kier alpha value is -1.76. The monoisotopic (exact) mass is 318 g/mol. The first-order chi connectivity index (χ1) is 10.6. The van der Waals surface area contributed by atoms with Crippen LogP contribution in [0.2, 0.25) is 0 Å². The van der Waals surface area contributed by atoms with Crippen LogP contribution in [0, 0.1) is 10.1 Å². The summed E-state index contributed by atoms with van der Waals surface area (Å²) in [6, 6.07) is 11.9. The average Bonchev–Trinajstić information content (AvgIpc) is 2.96. The summed E-state index contributed by atoms with van der Waals surface area (Å²) in [6.45, 7) is 4.44. The molecule has 0 aliphatic carbocycles. The Morgan fingerprint density at radius 1 is 1.36 bits per heavy atom. The number of rotatable bonds is 4. The van der Waals surface area contributed by atoms with Gasteiger partial charge in [-0.2, -0.15) is 0 Å². The number of benzene rings is 1. The third-order valence-corrected chi connectivity index (χ3v) is 4.66. The largest absolute Gasteiger partial charge is 0.368 e. The molecule has 6 heteroatoms. The summed E-state index contributed by atoms with van der Waals surface area (Å²) >= 11 is 1.19. The number of hydrogen-bond donors (Lipinski definition) is 0. The standard InChI is InChI=1S/C16H18N2O3S/c1-12-8-17(9-13-7-16(18(19)20)22-11-13)10-15(21-12)14-5-3-2-4-6-14/h2-7,11-12,15H,8-10H2,1H3/t12-,15-/m1/s1. The minimum absolute atomic E-state index is 0.0542. The molecule has 2 atom stereocenters. The maximum absolute atomic E-state index is 10.8. The highest BCUT2D eigenvalue weighted by Gasteiger charge is 2.26. The van der Waals surface area contributed by atoms with Gasteiger partial charge in [-0.1, -0.05) is 41.7 Å². The summed E-state index contributed by atoms with van der Waals surface area (Å²) in [4.78, 5) is 12.8. The molecule has 5 nitrogen and oxygen atoms in total. The van der Waals surface area contributed by atoms with Crippen molar-refractivity contribution < 1.29 is 9.66 Å². The van der Waals surface area contributed by atoms with E-state index in [4.69, 9.17) is 4.74 Å². The van der Waals surface area contributed by atoms with Crippen molar-refractivity contribution in [2.24, 2.45) is 0 Å². The normalized spacial score (nSPS) is 22.6. The predicted molar refractivity (Wildman–Crippen MR) is 86.0 cm³/mol. The van der Waals surface area contributed by atoms with Gasteiger partial charge in [0.15, 0.2) is 0 Å². The molecule has 0 bridgehead atoms. The molecule has 0 amide bonds. The Labute approximate surface area is 133 Å². The van der Waals surface area contributed by atoms with Crippen LogP contribution in [0.4, 0.5) is 5.00 Å². The van der Waals surface area contributed by atoms with E-state index in [1.165, 1.54) is 16.9 Å². The topological polar surface area (TPSA) is 55.6 Å². The fourth-order valence-electron chi connectivity index (χ4n) is 2.82. The number of morpholine rings is 1. The summed E-state index contributed by atoms with van der Waals surface area (Å²) in [7, 11) is 0. The molecule has 1 aliphatic heterocycles. The highest BCUT2D eigenvalue weighted by Crippen LogP contribution is 2.28. The molecule has 3 rings (SSSR count). The molecule has 2 heterocycles. The van der Waals surface area contributed by atoms with Crippen molar-refractivity contribution in [3.63, 3.8) is 0 Å². The number of nitrogens with zero attached hydrogens (tertiary/aromatic N) is 2. The van der Waals surface area contributed by atoms with Crippen LogP contribution in [0.5, 0.6) is 0 Å². The van der Waals surface area contributed by atoms with E-state index in [0.717, 1.165) is 25.2 Å². The molecule has 0 unspecified atom stereocenters. The molecular weight excluding hydrogens is 300 g/mol. The van der Waals surface area contributed by atoms with Crippen LogP contribution in [-0.2, 0) is 11.3 Å². The number of thiophene rings is 1. The molecule has 1 saturated heterocycles. The number of nitro groups is 1. The van der Waals surface area contributed by atoms with Crippen molar-refractivity contribution in [2.75, 3.05) is 13.1 Å². The van der Waals surface area contributed by atoms with Crippen LogP contribution in [0.25, 0.3) is 0 Å². The van der Waals surface area contributed by atoms with Gasteiger partial charge < -0.3 is 4.74 Å². The molecule has 22 heavy (non-hydrogen) atoms. The molecule has 0 radical (unpaired) electrons. The predicted octanol–water partition coefficient (Wildman–Crippen LogP) is 3.62. The van der Waals surface area contributed by atoms with Crippen molar-refractivity contribution in [1.82, 2.24) is 4.90 Å². The van der Waals surface area contributed by atoms with Crippen molar-refractivity contribution in [3.8, 4) is 0 Å². The number of ether oxygens (including phenoxy) is 1. The van der Waals surface area contributed by atoms with E-state index in [9.17, 15) is 10.1 Å². The lowest BCUT2D eigenvalue weighted by molar-refractivity contribution is -0.380. The van der Waals surface area contributed by atoms with E-state index in [1.54, 1.807) is 6.07 Å². The molecule has 0 saturated carbocycles. The summed E-state index contributed by atoms with van der Waals surface area (Å²) in [5.74, 6) is 0. The lowest BCUT2D eigenvalue weighted by Gasteiger charge is -2.36. The van der Waals surface area contributed by atoms with Crippen molar-refractivity contribution >= 4 is 16.3 Å². The summed E-state index contributed by atoms with van der Waals surface area (Å²) < 4.78 is 6.04. The third kappa shape index (κ3) is 3.52. The van der Waals surface area contributed by atoms with E-state index in [0.29, 0.717) is 0 Å². The minimum Gasteiger partial charge on any atom is -0.368 e. The quantitative estimate of drug-likeness (QED) is 0.638. The van der Waals surface area contributed by atoms with E-state index in [1.807, 2.05) is 23.6 Å². The molecule has 1 aliphatic rings. The zero-order valence-corrected chi connectivity index (χ0v) is 13.2. The maximum atomic E-state index is 10.8. The van der Waals surface area contributed by atoms with Gasteiger partial charge in [0.1, 0.15) is 0 Å². The van der Waals surface area contributed by atoms with Gasteiger partial charge >= 0.3 is 5.00 Å². The van der Waals surface area contributed by atoms with E-state index >= 15 is 0 Å². The van der Waals surface area contributed by atoms with Crippen molar-refractivity contribution in [3.05, 3.63) is 63.0 Å². The van der Waals surface area contributed by atoms with Gasteiger partial charge in [-0.05, 0) is 18.1 Å². The molecule has 0 N–H and O–H groups in total. The fraction of sp³-hybridized carbons (Fsp3) is 0.375. The second-order valence-electron chi connectivity index (χ2n) is 5.59. The minimum atomic E-state index is -0.330. The molecule has 1 aromatic carbocycles. The lowest BCUT2D eigenvalue weighted by Crippen LogP contribution is -2.42. The number of hydrogen-bond acceptors (Lipinski definition) is 5. The average molecular weight is 318 g/mol. The first-order valence-corrected chi connectivity index (χ1v) is 8.14. The Kier molecular flexibility index (Phi) is 4.52. The van der Waals surface area contributed by atoms with Gasteiger partial charge in [-0.3, -0.25) is 15.0 Å². The van der Waals surface area contributed by atoms with Gasteiger partial charge in [0, 0.05) is 31.1 Å². The highest BCUT2D eigenvalue weighted by molar-refractivity contribution is 7.13. The Morgan fingerprint density at radius 2 is 2.14 bits per heavy atom. The van der Waals surface area contributed by atoms with Gasteiger partial charge in [-0.25, -0.2) is 0 Å². The second-order valence-corrected chi connectivity index (χ2v) is 6.48. The van der Waals surface area contributed by atoms with Crippen molar-refractivity contribution in [2.45, 2.75) is 25.7 Å². The van der Waals surface area contributed by atoms with E-state index in [-0.39, 0.29) is 22.1 Å². The zero-order chi connectivity index (χ0) is 15.5. The van der Waals surface area contributed by atoms with Crippen LogP contribution in [0.3, 0.4) is 0 Å². The summed E-state index contributed by atoms with van der Waals surface area (Å²) in [5, 5.41) is 12.9. The highest BCUT2D eigenvalue weighted by atomic mass is 32.1. The van der Waals surface area contributed by atoms with Gasteiger partial charge in [0.25, 0.3) is 0 Å². The van der Waals surface area contributed by atoms with Crippen LogP contribution in [-0.4, -0.2) is 29.0 Å². The maximum Gasteiger partial charge on any atom is 0.324 e. The van der Waals surface area contributed by atoms with Gasteiger partial charge in [-0.15, -0.1) is 0 Å². The lowest BCUT2D eigenvalue weighted by atomic mass is 10.1. The SMILES string of the molecule is C[C@@H]1CN(Cc2csc([N+](=O)[O-])c2)C[C@H](c2ccccc2)O1. The van der Waals surface area contributed by atoms with Crippen LogP contribution < -0.4 is 0 Å². The fourth-order valence-corrected chi connectivity index (χ4v) is 3.54. The zero-order valence-electron chi connectivity index (χ0n) is 12.3. The van der Waals surface area contributed by atoms with E-state index in [2.05, 4.69) is 24.0 Å². The Morgan fingerprint density at radius 3 is 2.82 bits per heavy atom. The van der Waals surface area contributed by atoms with Crippen LogP contribution in [0.15, 0.2) is 41.8 Å². The Bertz CT molecular complexity index is 644. The van der Waals surface area contributed by atoms with E-state index < -0.39 is 0 Å².